The first-order valence-electron chi connectivity index (χ1n) is 7.03. The Labute approximate surface area is 127 Å². The summed E-state index contributed by atoms with van der Waals surface area (Å²) < 4.78 is 0. The van der Waals surface area contributed by atoms with Gasteiger partial charge in [0.25, 0.3) is 0 Å². The van der Waals surface area contributed by atoms with Crippen LogP contribution in [0.2, 0.25) is 0 Å². The molecule has 6 heteroatoms. The normalized spacial score (nSPS) is 19.5. The summed E-state index contributed by atoms with van der Waals surface area (Å²) in [6, 6.07) is 0.152. The van der Waals surface area contributed by atoms with Gasteiger partial charge in [-0.15, -0.1) is 0 Å². The highest BCUT2D eigenvalue weighted by Crippen LogP contribution is 2.09. The van der Waals surface area contributed by atoms with Crippen molar-refractivity contribution in [1.82, 2.24) is 15.2 Å². The van der Waals surface area contributed by atoms with E-state index in [0.29, 0.717) is 0 Å². The predicted molar refractivity (Wildman–Crippen MR) is 90.1 cm³/mol. The highest BCUT2D eigenvalue weighted by atomic mass is 15.3. The molecule has 1 atom stereocenters. The third-order valence-corrected chi connectivity index (χ3v) is 3.35. The fraction of sp³-hybridized carbons (Fsp3) is 0.533. The lowest BCUT2D eigenvalue weighted by Gasteiger charge is -2.36. The third kappa shape index (κ3) is 6.34. The zero-order valence-corrected chi connectivity index (χ0v) is 13.2. The van der Waals surface area contributed by atoms with Gasteiger partial charge in [-0.05, 0) is 26.8 Å². The molecule has 6 nitrogen and oxygen atoms in total. The zero-order chi connectivity index (χ0) is 15.5. The second-order valence-corrected chi connectivity index (χ2v) is 4.89. The minimum atomic E-state index is 0.152. The Kier molecular flexibility index (Phi) is 8.02. The highest BCUT2D eigenvalue weighted by Gasteiger charge is 2.23. The summed E-state index contributed by atoms with van der Waals surface area (Å²) >= 11 is 0. The molecule has 114 valence electrons. The predicted octanol–water partition coefficient (Wildman–Crippen LogP) is 1.26. The smallest absolute Gasteiger partial charge is 0.304 e. The maximum Gasteiger partial charge on any atom is 0.396 e. The van der Waals surface area contributed by atoms with Crippen LogP contribution in [0.25, 0.3) is 4.85 Å². The molecular formula is C15H25N6+. The van der Waals surface area contributed by atoms with Gasteiger partial charge in [0, 0.05) is 32.4 Å². The fourth-order valence-corrected chi connectivity index (χ4v) is 2.13. The molecular weight excluding hydrogens is 264 g/mol. The van der Waals surface area contributed by atoms with Gasteiger partial charge in [-0.1, -0.05) is 22.7 Å². The summed E-state index contributed by atoms with van der Waals surface area (Å²) in [5, 5.41) is 4.30. The van der Waals surface area contributed by atoms with Gasteiger partial charge in [0.15, 0.2) is 7.05 Å². The van der Waals surface area contributed by atoms with Gasteiger partial charge < -0.3 is 4.90 Å². The molecule has 0 radical (unpaired) electrons. The van der Waals surface area contributed by atoms with Crippen LogP contribution in [0.4, 0.5) is 0 Å². The number of piperazine rings is 1. The minimum absolute atomic E-state index is 0.152. The number of nitrogens with zero attached hydrogens (tertiary/aromatic N) is 5. The van der Waals surface area contributed by atoms with E-state index < -0.39 is 0 Å². The molecule has 1 fully saturated rings. The Morgan fingerprint density at radius 3 is 2.67 bits per heavy atom. The molecule has 0 aromatic rings. The lowest BCUT2D eigenvalue weighted by Crippen LogP contribution is -2.50. The first-order chi connectivity index (χ1) is 10.2. The van der Waals surface area contributed by atoms with Crippen LogP contribution in [0, 0.1) is 6.19 Å². The number of nitrogens with one attached hydrogen (secondary N) is 1. The summed E-state index contributed by atoms with van der Waals surface area (Å²) in [5.74, 6) is 0. The third-order valence-electron chi connectivity index (χ3n) is 3.35. The molecule has 1 aliphatic heterocycles. The van der Waals surface area contributed by atoms with Gasteiger partial charge in [-0.25, -0.2) is 4.85 Å². The maximum absolute atomic E-state index is 4.30. The van der Waals surface area contributed by atoms with Crippen LogP contribution in [0.15, 0.2) is 34.5 Å². The largest absolute Gasteiger partial charge is 0.396 e. The van der Waals surface area contributed by atoms with Crippen LogP contribution >= 0.6 is 0 Å². The summed E-state index contributed by atoms with van der Waals surface area (Å²) in [6.07, 6.45) is 10.3. The maximum atomic E-state index is 4.30. The zero-order valence-electron chi connectivity index (χ0n) is 13.2. The quantitative estimate of drug-likeness (QED) is 0.263. The van der Waals surface area contributed by atoms with E-state index in [1.54, 1.807) is 13.2 Å². The molecule has 1 aliphatic rings. The Morgan fingerprint density at radius 1 is 1.33 bits per heavy atom. The Hall–Kier alpha value is -1.97. The summed E-state index contributed by atoms with van der Waals surface area (Å²) in [6.45, 7) is 9.61. The molecule has 1 heterocycles. The van der Waals surface area contributed by atoms with Crippen molar-refractivity contribution in [3.05, 3.63) is 29.3 Å². The molecule has 1 rings (SSSR count). The average molecular weight is 289 g/mol. The van der Waals surface area contributed by atoms with Crippen LogP contribution in [-0.2, 0) is 0 Å². The van der Waals surface area contributed by atoms with Crippen LogP contribution in [0.3, 0.4) is 0 Å². The van der Waals surface area contributed by atoms with Crippen LogP contribution < -0.4 is 5.43 Å². The topological polar surface area (TPSA) is 47.6 Å². The van der Waals surface area contributed by atoms with Gasteiger partial charge >= 0.3 is 6.19 Å². The molecule has 0 aliphatic carbocycles. The summed E-state index contributed by atoms with van der Waals surface area (Å²) in [7, 11) is 3.80. The van der Waals surface area contributed by atoms with Crippen molar-refractivity contribution in [2.24, 2.45) is 10.1 Å². The molecule has 0 spiro atoms. The van der Waals surface area contributed by atoms with Gasteiger partial charge in [0.1, 0.15) is 0 Å². The van der Waals surface area contributed by atoms with Crippen molar-refractivity contribution in [2.75, 3.05) is 40.3 Å². The molecule has 0 aromatic heterocycles. The van der Waals surface area contributed by atoms with Crippen molar-refractivity contribution in [1.29, 1.82) is 0 Å². The standard InChI is InChI=1S/C15H24N6/c1-14(19-18-13-17-3)15(7-5-6-8-16-2)21-11-9-20(4)10-12-21/h5-8,15H,2,9-12H2,1,3-4H3/p+1/b7-5+,8-6-,19-14+. The number of hydrogen-bond donors (Lipinski definition) is 1. The number of aliphatic imine (C=N–C) groups is 1. The van der Waals surface area contributed by atoms with Crippen LogP contribution in [-0.4, -0.2) is 68.5 Å². The first-order valence-corrected chi connectivity index (χ1v) is 7.03. The second kappa shape index (κ2) is 9.86. The molecule has 0 aromatic carbocycles. The SMILES string of the molecule is C=N/C=C\C=C\C(/C(C)=N/NC#[N+]C)N1CCN(C)CC1. The van der Waals surface area contributed by atoms with Crippen molar-refractivity contribution in [3.8, 4) is 6.19 Å². The van der Waals surface area contributed by atoms with Crippen LogP contribution in [0.1, 0.15) is 6.92 Å². The Morgan fingerprint density at radius 2 is 2.05 bits per heavy atom. The van der Waals surface area contributed by atoms with Crippen molar-refractivity contribution < 1.29 is 0 Å². The Balaban J connectivity index is 2.79. The first kappa shape index (κ1) is 17.1. The van der Waals surface area contributed by atoms with E-state index in [9.17, 15) is 0 Å². The molecule has 0 saturated carbocycles. The van der Waals surface area contributed by atoms with E-state index in [1.165, 1.54) is 0 Å². The van der Waals surface area contributed by atoms with Gasteiger partial charge in [0.05, 0.1) is 11.8 Å². The molecule has 21 heavy (non-hydrogen) atoms. The molecule has 1 saturated heterocycles. The fourth-order valence-electron chi connectivity index (χ4n) is 2.13. The highest BCUT2D eigenvalue weighted by molar-refractivity contribution is 5.89. The molecule has 0 bridgehead atoms. The lowest BCUT2D eigenvalue weighted by molar-refractivity contribution is 0.150. The molecule has 0 amide bonds. The van der Waals surface area contributed by atoms with Gasteiger partial charge in [-0.3, -0.25) is 9.89 Å². The number of likely N-dealkylation sites (N-methyl/N-ethyl adjacent to an activating group) is 1. The second-order valence-electron chi connectivity index (χ2n) is 4.89. The molecule has 1 unspecified atom stereocenters. The van der Waals surface area contributed by atoms with E-state index in [4.69, 9.17) is 0 Å². The van der Waals surface area contributed by atoms with E-state index in [-0.39, 0.29) is 6.04 Å². The minimum Gasteiger partial charge on any atom is -0.304 e. The van der Waals surface area contributed by atoms with Crippen LogP contribution in [0.5, 0.6) is 0 Å². The number of rotatable bonds is 6. The van der Waals surface area contributed by atoms with E-state index in [2.05, 4.69) is 56.2 Å². The van der Waals surface area contributed by atoms with E-state index in [1.807, 2.05) is 19.1 Å². The van der Waals surface area contributed by atoms with E-state index in [0.717, 1.165) is 31.9 Å². The van der Waals surface area contributed by atoms with Crippen molar-refractivity contribution in [2.45, 2.75) is 13.0 Å². The van der Waals surface area contributed by atoms with Gasteiger partial charge in [-0.2, -0.15) is 0 Å². The van der Waals surface area contributed by atoms with E-state index >= 15 is 0 Å². The number of hydrazone groups is 1. The number of hydrogen-bond acceptors (Lipinski definition) is 5. The number of allylic oxidation sites excluding steroid dienone is 2. The molecule has 1 N–H and O–H groups in total. The van der Waals surface area contributed by atoms with Crippen molar-refractivity contribution >= 4 is 12.4 Å². The lowest BCUT2D eigenvalue weighted by atomic mass is 10.1. The average Bonchev–Trinajstić information content (AvgIpc) is 2.49. The monoisotopic (exact) mass is 289 g/mol. The van der Waals surface area contributed by atoms with Crippen molar-refractivity contribution in [3.63, 3.8) is 0 Å². The van der Waals surface area contributed by atoms with Gasteiger partial charge in [0.2, 0.25) is 0 Å². The summed E-state index contributed by atoms with van der Waals surface area (Å²) in [4.78, 5) is 12.2. The summed E-state index contributed by atoms with van der Waals surface area (Å²) in [5.41, 5.74) is 3.70. The Bertz CT molecular complexity index is 460.